The molecule has 1 radical (unpaired) electrons. The Morgan fingerprint density at radius 2 is 2.13 bits per heavy atom. The SMILES string of the molecule is CC(C)(Cn1c[c]cn1)N1CCOCC1. The third kappa shape index (κ3) is 2.58. The monoisotopic (exact) mass is 208 g/mol. The zero-order valence-electron chi connectivity index (χ0n) is 9.44. The molecule has 0 aliphatic carbocycles. The third-order valence-corrected chi connectivity index (χ3v) is 2.92. The minimum Gasteiger partial charge on any atom is -0.379 e. The van der Waals surface area contributed by atoms with Gasteiger partial charge in [0.15, 0.2) is 0 Å². The Balaban J connectivity index is 1.98. The molecule has 1 aliphatic rings. The van der Waals surface area contributed by atoms with Gasteiger partial charge in [0, 0.05) is 30.9 Å². The summed E-state index contributed by atoms with van der Waals surface area (Å²) in [6.07, 6.45) is 3.59. The van der Waals surface area contributed by atoms with Crippen molar-refractivity contribution in [1.29, 1.82) is 0 Å². The predicted molar refractivity (Wildman–Crippen MR) is 57.5 cm³/mol. The fourth-order valence-electron chi connectivity index (χ4n) is 2.01. The van der Waals surface area contributed by atoms with Crippen LogP contribution in [0, 0.1) is 6.07 Å². The molecule has 1 aliphatic heterocycles. The summed E-state index contributed by atoms with van der Waals surface area (Å²) < 4.78 is 7.30. The highest BCUT2D eigenvalue weighted by atomic mass is 16.5. The first-order valence-corrected chi connectivity index (χ1v) is 5.40. The van der Waals surface area contributed by atoms with E-state index >= 15 is 0 Å². The number of morpholine rings is 1. The van der Waals surface area contributed by atoms with E-state index in [1.54, 1.807) is 6.20 Å². The van der Waals surface area contributed by atoms with Crippen molar-refractivity contribution in [2.75, 3.05) is 26.3 Å². The van der Waals surface area contributed by atoms with Gasteiger partial charge in [-0.3, -0.25) is 9.58 Å². The fourth-order valence-corrected chi connectivity index (χ4v) is 2.01. The lowest BCUT2D eigenvalue weighted by molar-refractivity contribution is -0.0167. The Labute approximate surface area is 90.8 Å². The molecule has 4 nitrogen and oxygen atoms in total. The molecule has 0 bridgehead atoms. The van der Waals surface area contributed by atoms with Crippen molar-refractivity contribution in [1.82, 2.24) is 14.7 Å². The lowest BCUT2D eigenvalue weighted by Crippen LogP contribution is -2.52. The molecule has 0 unspecified atom stereocenters. The molecule has 0 saturated carbocycles. The summed E-state index contributed by atoms with van der Waals surface area (Å²) in [5, 5.41) is 4.20. The van der Waals surface area contributed by atoms with E-state index in [0.29, 0.717) is 0 Å². The van der Waals surface area contributed by atoms with Crippen LogP contribution < -0.4 is 0 Å². The Morgan fingerprint density at radius 3 is 2.73 bits per heavy atom. The maximum atomic E-state index is 5.36. The van der Waals surface area contributed by atoms with Gasteiger partial charge in [0.1, 0.15) is 0 Å². The first-order valence-electron chi connectivity index (χ1n) is 5.40. The van der Waals surface area contributed by atoms with Crippen LogP contribution >= 0.6 is 0 Å². The van der Waals surface area contributed by atoms with Crippen LogP contribution in [0.5, 0.6) is 0 Å². The Kier molecular flexibility index (Phi) is 3.07. The van der Waals surface area contributed by atoms with Crippen LogP contribution in [-0.2, 0) is 11.3 Å². The molecule has 0 spiro atoms. The predicted octanol–water partition coefficient (Wildman–Crippen LogP) is 0.794. The zero-order chi connectivity index (χ0) is 10.7. The van der Waals surface area contributed by atoms with E-state index in [-0.39, 0.29) is 5.54 Å². The number of hydrogen-bond acceptors (Lipinski definition) is 3. The van der Waals surface area contributed by atoms with Gasteiger partial charge in [0.2, 0.25) is 0 Å². The van der Waals surface area contributed by atoms with Crippen LogP contribution in [0.25, 0.3) is 0 Å². The minimum atomic E-state index is 0.129. The maximum absolute atomic E-state index is 5.36. The average Bonchev–Trinajstić information content (AvgIpc) is 2.71. The van der Waals surface area contributed by atoms with E-state index in [4.69, 9.17) is 4.74 Å². The van der Waals surface area contributed by atoms with Gasteiger partial charge in [0.25, 0.3) is 0 Å². The molecule has 1 aromatic heterocycles. The molecule has 0 N–H and O–H groups in total. The van der Waals surface area contributed by atoms with E-state index in [1.807, 2.05) is 10.9 Å². The van der Waals surface area contributed by atoms with Crippen LogP contribution in [0.1, 0.15) is 13.8 Å². The van der Waals surface area contributed by atoms with Crippen molar-refractivity contribution in [3.05, 3.63) is 18.5 Å². The summed E-state index contributed by atoms with van der Waals surface area (Å²) in [6, 6.07) is 2.96. The minimum absolute atomic E-state index is 0.129. The maximum Gasteiger partial charge on any atom is 0.0594 e. The van der Waals surface area contributed by atoms with Crippen LogP contribution in [0.4, 0.5) is 0 Å². The van der Waals surface area contributed by atoms with Gasteiger partial charge in [-0.2, -0.15) is 5.10 Å². The van der Waals surface area contributed by atoms with Crippen molar-refractivity contribution in [3.8, 4) is 0 Å². The molecular formula is C11H18N3O. The largest absolute Gasteiger partial charge is 0.379 e. The van der Waals surface area contributed by atoms with Gasteiger partial charge in [0.05, 0.1) is 26.0 Å². The molecule has 0 amide bonds. The quantitative estimate of drug-likeness (QED) is 0.736. The summed E-state index contributed by atoms with van der Waals surface area (Å²) in [7, 11) is 0. The topological polar surface area (TPSA) is 30.3 Å². The molecule has 1 saturated heterocycles. The van der Waals surface area contributed by atoms with Crippen molar-refractivity contribution in [3.63, 3.8) is 0 Å². The zero-order valence-corrected chi connectivity index (χ0v) is 9.44. The second-order valence-electron chi connectivity index (χ2n) is 4.55. The highest BCUT2D eigenvalue weighted by Crippen LogP contribution is 2.17. The lowest BCUT2D eigenvalue weighted by atomic mass is 10.0. The summed E-state index contributed by atoms with van der Waals surface area (Å²) in [4.78, 5) is 2.46. The van der Waals surface area contributed by atoms with Crippen LogP contribution in [0.2, 0.25) is 0 Å². The highest BCUT2D eigenvalue weighted by Gasteiger charge is 2.28. The van der Waals surface area contributed by atoms with Crippen LogP contribution in [0.15, 0.2) is 12.4 Å². The van der Waals surface area contributed by atoms with Crippen molar-refractivity contribution in [2.45, 2.75) is 25.9 Å². The van der Waals surface area contributed by atoms with Gasteiger partial charge in [-0.15, -0.1) is 0 Å². The van der Waals surface area contributed by atoms with Gasteiger partial charge in [-0.1, -0.05) is 0 Å². The number of hydrogen-bond donors (Lipinski definition) is 0. The van der Waals surface area contributed by atoms with E-state index in [9.17, 15) is 0 Å². The first kappa shape index (κ1) is 10.6. The lowest BCUT2D eigenvalue weighted by Gasteiger charge is -2.40. The summed E-state index contributed by atoms with van der Waals surface area (Å²) in [5.74, 6) is 0. The number of ether oxygens (including phenoxy) is 1. The Bertz CT molecular complexity index is 289. The Morgan fingerprint density at radius 1 is 1.40 bits per heavy atom. The Hall–Kier alpha value is -0.870. The molecular weight excluding hydrogens is 190 g/mol. The third-order valence-electron chi connectivity index (χ3n) is 2.92. The standard InChI is InChI=1S/C11H18N3O/c1-11(2,10-14-5-3-4-12-14)13-6-8-15-9-7-13/h4-5H,6-10H2,1-2H3. The first-order chi connectivity index (χ1) is 7.18. The fraction of sp³-hybridized carbons (Fsp3) is 0.727. The summed E-state index contributed by atoms with van der Waals surface area (Å²) in [5.41, 5.74) is 0.129. The van der Waals surface area contributed by atoms with Crippen molar-refractivity contribution < 1.29 is 4.74 Å². The molecule has 2 heterocycles. The van der Waals surface area contributed by atoms with Gasteiger partial charge < -0.3 is 4.74 Å². The van der Waals surface area contributed by atoms with E-state index in [2.05, 4.69) is 29.9 Å². The smallest absolute Gasteiger partial charge is 0.0594 e. The molecule has 83 valence electrons. The van der Waals surface area contributed by atoms with E-state index in [1.165, 1.54) is 0 Å². The average molecular weight is 208 g/mol. The van der Waals surface area contributed by atoms with Crippen LogP contribution in [0.3, 0.4) is 0 Å². The van der Waals surface area contributed by atoms with Gasteiger partial charge in [-0.25, -0.2) is 0 Å². The molecule has 15 heavy (non-hydrogen) atoms. The molecule has 0 aromatic carbocycles. The van der Waals surface area contributed by atoms with Gasteiger partial charge in [-0.05, 0) is 13.8 Å². The normalized spacial score (nSPS) is 19.3. The molecule has 0 atom stereocenters. The second-order valence-corrected chi connectivity index (χ2v) is 4.55. The number of nitrogens with zero attached hydrogens (tertiary/aromatic N) is 3. The molecule has 2 rings (SSSR count). The molecule has 1 aromatic rings. The summed E-state index contributed by atoms with van der Waals surface area (Å²) >= 11 is 0. The molecule has 4 heteroatoms. The highest BCUT2D eigenvalue weighted by molar-refractivity contribution is 4.85. The van der Waals surface area contributed by atoms with Crippen molar-refractivity contribution >= 4 is 0 Å². The summed E-state index contributed by atoms with van der Waals surface area (Å²) in [6.45, 7) is 9.11. The number of aromatic nitrogens is 2. The van der Waals surface area contributed by atoms with Crippen molar-refractivity contribution in [2.24, 2.45) is 0 Å². The van der Waals surface area contributed by atoms with Crippen LogP contribution in [-0.4, -0.2) is 46.5 Å². The van der Waals surface area contributed by atoms with E-state index < -0.39 is 0 Å². The second kappa shape index (κ2) is 4.33. The van der Waals surface area contributed by atoms with E-state index in [0.717, 1.165) is 32.8 Å². The molecule has 1 fully saturated rings. The van der Waals surface area contributed by atoms with Gasteiger partial charge >= 0.3 is 0 Å². The number of rotatable bonds is 3.